The van der Waals surface area contributed by atoms with Crippen molar-refractivity contribution in [3.8, 4) is 5.75 Å². The lowest BCUT2D eigenvalue weighted by molar-refractivity contribution is -0.134. The van der Waals surface area contributed by atoms with Crippen molar-refractivity contribution >= 4 is 22.0 Å². The molecule has 0 radical (unpaired) electrons. The Labute approximate surface area is 169 Å². The number of hydroxylamine groups is 1. The number of sulfone groups is 1. The van der Waals surface area contributed by atoms with Crippen LogP contribution >= 0.6 is 0 Å². The van der Waals surface area contributed by atoms with E-state index in [0.717, 1.165) is 11.1 Å². The second-order valence-corrected chi connectivity index (χ2v) is 9.07. The third-order valence-electron chi connectivity index (χ3n) is 5.04. The molecule has 8 heteroatoms. The SMILES string of the molecule is Cc1ccc(S(=O)(=O)C2(C(CCc3ccc(O)cc3)C(=O)NO)C=CC=N2)cc1. The third kappa shape index (κ3) is 3.94. The monoisotopic (exact) mass is 414 g/mol. The number of carbonyl (C=O) groups excluding carboxylic acids is 1. The van der Waals surface area contributed by atoms with Gasteiger partial charge in [0.1, 0.15) is 5.75 Å². The molecule has 1 aliphatic heterocycles. The maximum Gasteiger partial charge on any atom is 0.250 e. The van der Waals surface area contributed by atoms with Gasteiger partial charge in [0.25, 0.3) is 0 Å². The van der Waals surface area contributed by atoms with E-state index in [1.807, 2.05) is 6.92 Å². The van der Waals surface area contributed by atoms with Crippen LogP contribution in [0, 0.1) is 12.8 Å². The highest BCUT2D eigenvalue weighted by Crippen LogP contribution is 2.40. The van der Waals surface area contributed by atoms with Gasteiger partial charge in [-0.15, -0.1) is 0 Å². The molecule has 0 spiro atoms. The highest BCUT2D eigenvalue weighted by Gasteiger charge is 2.52. The Morgan fingerprint density at radius 1 is 1.14 bits per heavy atom. The van der Waals surface area contributed by atoms with Gasteiger partial charge in [0.05, 0.1) is 10.8 Å². The van der Waals surface area contributed by atoms with Gasteiger partial charge >= 0.3 is 0 Å². The molecule has 3 N–H and O–H groups in total. The van der Waals surface area contributed by atoms with Gasteiger partial charge in [-0.2, -0.15) is 0 Å². The first-order valence-corrected chi connectivity index (χ1v) is 10.5. The molecule has 2 unspecified atom stereocenters. The Kier molecular flexibility index (Phi) is 5.86. The van der Waals surface area contributed by atoms with E-state index in [1.54, 1.807) is 29.7 Å². The molecule has 0 aliphatic carbocycles. The first kappa shape index (κ1) is 20.8. The maximum absolute atomic E-state index is 13.5. The van der Waals surface area contributed by atoms with Gasteiger partial charge in [0.15, 0.2) is 4.87 Å². The van der Waals surface area contributed by atoms with E-state index in [0.29, 0.717) is 6.42 Å². The Morgan fingerprint density at radius 2 is 1.79 bits per heavy atom. The molecule has 0 saturated carbocycles. The lowest BCUT2D eigenvalue weighted by Gasteiger charge is -2.32. The van der Waals surface area contributed by atoms with E-state index in [2.05, 4.69) is 4.99 Å². The molecule has 152 valence electrons. The number of benzene rings is 2. The second-order valence-electron chi connectivity index (χ2n) is 6.94. The Bertz CT molecular complexity index is 1030. The van der Waals surface area contributed by atoms with E-state index in [9.17, 15) is 23.5 Å². The smallest absolute Gasteiger partial charge is 0.250 e. The number of hydrogen-bond acceptors (Lipinski definition) is 6. The fourth-order valence-electron chi connectivity index (χ4n) is 3.42. The van der Waals surface area contributed by atoms with Crippen molar-refractivity contribution in [2.24, 2.45) is 10.9 Å². The van der Waals surface area contributed by atoms with E-state index >= 15 is 0 Å². The molecular weight excluding hydrogens is 392 g/mol. The fraction of sp³-hybridized carbons (Fsp3) is 0.238. The largest absolute Gasteiger partial charge is 0.508 e. The number of carbonyl (C=O) groups is 1. The summed E-state index contributed by atoms with van der Waals surface area (Å²) in [6, 6.07) is 12.8. The van der Waals surface area contributed by atoms with Crippen LogP contribution in [-0.4, -0.2) is 35.7 Å². The average molecular weight is 414 g/mol. The van der Waals surface area contributed by atoms with Gasteiger partial charge in [-0.05, 0) is 61.7 Å². The lowest BCUT2D eigenvalue weighted by atomic mass is 9.91. The van der Waals surface area contributed by atoms with Crippen LogP contribution in [0.1, 0.15) is 17.5 Å². The van der Waals surface area contributed by atoms with Crippen molar-refractivity contribution in [3.63, 3.8) is 0 Å². The minimum atomic E-state index is -4.08. The molecule has 3 rings (SSSR count). The summed E-state index contributed by atoms with van der Waals surface area (Å²) >= 11 is 0. The molecular formula is C21H22N2O5S. The fourth-order valence-corrected chi connectivity index (χ4v) is 5.35. The minimum Gasteiger partial charge on any atom is -0.508 e. The molecule has 1 amide bonds. The van der Waals surface area contributed by atoms with Crippen LogP contribution in [-0.2, 0) is 21.1 Å². The highest BCUT2D eigenvalue weighted by molar-refractivity contribution is 7.93. The molecule has 2 aromatic rings. The number of rotatable bonds is 7. The zero-order valence-corrected chi connectivity index (χ0v) is 16.6. The zero-order valence-electron chi connectivity index (χ0n) is 15.8. The van der Waals surface area contributed by atoms with E-state index < -0.39 is 26.5 Å². The zero-order chi connectivity index (χ0) is 21.1. The lowest BCUT2D eigenvalue weighted by Crippen LogP contribution is -2.48. The van der Waals surface area contributed by atoms with Crippen LogP contribution in [0.5, 0.6) is 5.75 Å². The first-order chi connectivity index (χ1) is 13.8. The Morgan fingerprint density at radius 3 is 2.34 bits per heavy atom. The predicted octanol–water partition coefficient (Wildman–Crippen LogP) is 2.57. The molecule has 1 aliphatic rings. The van der Waals surface area contributed by atoms with Crippen molar-refractivity contribution < 1.29 is 23.5 Å². The number of hydrogen-bond donors (Lipinski definition) is 3. The standard InChI is InChI=1S/C21H22N2O5S/c1-15-3-10-18(11-4-15)29(27,28)21(13-2-14-22-21)19(20(25)23-26)12-7-16-5-8-17(24)9-6-16/h2-6,8-11,13-14,19,24,26H,7,12H2,1H3,(H,23,25). The number of aromatic hydroxyl groups is 1. The summed E-state index contributed by atoms with van der Waals surface area (Å²) in [6.07, 6.45) is 4.70. The van der Waals surface area contributed by atoms with Gasteiger partial charge in [-0.3, -0.25) is 15.0 Å². The summed E-state index contributed by atoms with van der Waals surface area (Å²) in [5, 5.41) is 18.7. The van der Waals surface area contributed by atoms with Gasteiger partial charge in [0.2, 0.25) is 15.7 Å². The Balaban J connectivity index is 2.01. The van der Waals surface area contributed by atoms with Crippen LogP contribution in [0.25, 0.3) is 0 Å². The number of nitrogens with one attached hydrogen (secondary N) is 1. The third-order valence-corrected chi connectivity index (χ3v) is 7.32. The summed E-state index contributed by atoms with van der Waals surface area (Å²) in [5.74, 6) is -1.88. The van der Waals surface area contributed by atoms with Crippen LogP contribution in [0.2, 0.25) is 0 Å². The normalized spacial score (nSPS) is 19.2. The Hall–Kier alpha value is -2.97. The van der Waals surface area contributed by atoms with Crippen molar-refractivity contribution in [1.82, 2.24) is 5.48 Å². The summed E-state index contributed by atoms with van der Waals surface area (Å²) in [7, 11) is -4.08. The molecule has 0 aromatic heterocycles. The minimum absolute atomic E-state index is 0.0483. The summed E-state index contributed by atoms with van der Waals surface area (Å²) < 4.78 is 27.1. The molecule has 1 heterocycles. The number of allylic oxidation sites excluding steroid dienone is 1. The van der Waals surface area contributed by atoms with E-state index in [4.69, 9.17) is 0 Å². The number of aliphatic imine (C=N–C) groups is 1. The number of aryl methyl sites for hydroxylation is 2. The second kappa shape index (κ2) is 8.18. The quantitative estimate of drug-likeness (QED) is 0.476. The molecule has 2 aromatic carbocycles. The highest BCUT2D eigenvalue weighted by atomic mass is 32.2. The van der Waals surface area contributed by atoms with Crippen molar-refractivity contribution in [3.05, 3.63) is 71.8 Å². The van der Waals surface area contributed by atoms with Crippen molar-refractivity contribution in [1.29, 1.82) is 0 Å². The van der Waals surface area contributed by atoms with Crippen LogP contribution in [0.3, 0.4) is 0 Å². The van der Waals surface area contributed by atoms with Crippen molar-refractivity contribution in [2.45, 2.75) is 29.5 Å². The average Bonchev–Trinajstić information content (AvgIpc) is 3.21. The van der Waals surface area contributed by atoms with Crippen LogP contribution in [0.15, 0.2) is 70.6 Å². The molecule has 0 bridgehead atoms. The number of nitrogens with zero attached hydrogens (tertiary/aromatic N) is 1. The van der Waals surface area contributed by atoms with Gasteiger partial charge < -0.3 is 5.11 Å². The number of amides is 1. The van der Waals surface area contributed by atoms with E-state index in [-0.39, 0.29) is 17.1 Å². The molecule has 29 heavy (non-hydrogen) atoms. The summed E-state index contributed by atoms with van der Waals surface area (Å²) in [6.45, 7) is 1.85. The number of phenols is 1. The van der Waals surface area contributed by atoms with Crippen LogP contribution in [0.4, 0.5) is 0 Å². The summed E-state index contributed by atoms with van der Waals surface area (Å²) in [5.41, 5.74) is 3.31. The topological polar surface area (TPSA) is 116 Å². The predicted molar refractivity (Wildman–Crippen MR) is 109 cm³/mol. The van der Waals surface area contributed by atoms with Gasteiger partial charge in [0, 0.05) is 6.21 Å². The first-order valence-electron chi connectivity index (χ1n) is 9.06. The van der Waals surface area contributed by atoms with Gasteiger partial charge in [-0.1, -0.05) is 29.8 Å². The van der Waals surface area contributed by atoms with Crippen LogP contribution < -0.4 is 5.48 Å². The number of phenolic OH excluding ortho intramolecular Hbond substituents is 1. The molecule has 2 atom stereocenters. The molecule has 0 saturated heterocycles. The molecule has 0 fully saturated rings. The molecule has 7 nitrogen and oxygen atoms in total. The van der Waals surface area contributed by atoms with Gasteiger partial charge in [-0.25, -0.2) is 13.9 Å². The maximum atomic E-state index is 13.5. The van der Waals surface area contributed by atoms with Crippen molar-refractivity contribution in [2.75, 3.05) is 0 Å². The van der Waals surface area contributed by atoms with E-state index in [1.165, 1.54) is 42.6 Å². The summed E-state index contributed by atoms with van der Waals surface area (Å²) in [4.78, 5) is 14.9.